The minimum absolute atomic E-state index is 0.538. The van der Waals surface area contributed by atoms with Crippen molar-refractivity contribution in [3.63, 3.8) is 0 Å². The summed E-state index contributed by atoms with van der Waals surface area (Å²) in [6.45, 7) is 5.52. The molecule has 67 valence electrons. The summed E-state index contributed by atoms with van der Waals surface area (Å²) < 4.78 is 0. The lowest BCUT2D eigenvalue weighted by Gasteiger charge is -1.99. The summed E-state index contributed by atoms with van der Waals surface area (Å²) in [6, 6.07) is 5.74. The van der Waals surface area contributed by atoms with Gasteiger partial charge in [0.25, 0.3) is 0 Å². The van der Waals surface area contributed by atoms with Crippen LogP contribution in [0.5, 0.6) is 0 Å². The largest absolute Gasteiger partial charge is 0.387 e. The van der Waals surface area contributed by atoms with Crippen molar-refractivity contribution in [3.8, 4) is 0 Å². The van der Waals surface area contributed by atoms with Crippen LogP contribution in [0.15, 0.2) is 18.2 Å². The third-order valence-electron chi connectivity index (χ3n) is 2.05. The Balaban J connectivity index is 2.69. The van der Waals surface area contributed by atoms with Crippen molar-refractivity contribution in [2.45, 2.75) is 13.0 Å². The van der Waals surface area contributed by atoms with E-state index in [9.17, 15) is 5.11 Å². The molecule has 1 atom stereocenters. The van der Waals surface area contributed by atoms with E-state index in [2.05, 4.69) is 17.1 Å². The van der Waals surface area contributed by atoms with Crippen LogP contribution in [0.4, 0.5) is 0 Å². The fraction of sp³-hybridized carbons (Fsp3) is 0.200. The quantitative estimate of drug-likeness (QED) is 0.694. The lowest BCUT2D eigenvalue weighted by molar-refractivity contribution is 0.195. The third kappa shape index (κ3) is 1.31. The molecule has 1 heterocycles. The molecule has 3 heteroatoms. The number of H-pyrrole nitrogens is 1. The summed E-state index contributed by atoms with van der Waals surface area (Å²) in [4.78, 5) is 0. The number of aliphatic hydroxyl groups excluding tert-OH is 1. The van der Waals surface area contributed by atoms with E-state index in [1.165, 1.54) is 0 Å². The van der Waals surface area contributed by atoms with Crippen molar-refractivity contribution < 1.29 is 5.11 Å². The average molecular weight is 175 g/mol. The highest BCUT2D eigenvalue weighted by molar-refractivity contribution is 5.82. The Morgan fingerprint density at radius 3 is 3.00 bits per heavy atom. The van der Waals surface area contributed by atoms with Crippen molar-refractivity contribution in [1.29, 1.82) is 0 Å². The van der Waals surface area contributed by atoms with E-state index in [1.54, 1.807) is 6.92 Å². The molecule has 0 bridgehead atoms. The van der Waals surface area contributed by atoms with Gasteiger partial charge in [0, 0.05) is 5.39 Å². The van der Waals surface area contributed by atoms with Gasteiger partial charge in [0.1, 0.15) is 0 Å². The standard InChI is InChI=1S/C10H11N2O/c1-6-3-4-8-9(5-6)11-12-10(8)7(2)13/h3-5,7,13H,1H2,2H3,(H,11,12). The number of aliphatic hydroxyl groups is 1. The van der Waals surface area contributed by atoms with Gasteiger partial charge in [0.15, 0.2) is 0 Å². The van der Waals surface area contributed by atoms with E-state index in [0.29, 0.717) is 5.69 Å². The number of aromatic nitrogens is 2. The lowest BCUT2D eigenvalue weighted by atomic mass is 10.1. The van der Waals surface area contributed by atoms with Crippen LogP contribution in [0.2, 0.25) is 0 Å². The molecule has 0 aliphatic rings. The van der Waals surface area contributed by atoms with Crippen molar-refractivity contribution in [3.05, 3.63) is 36.4 Å². The van der Waals surface area contributed by atoms with Crippen LogP contribution < -0.4 is 0 Å². The fourth-order valence-electron chi connectivity index (χ4n) is 1.41. The molecule has 3 nitrogen and oxygen atoms in total. The second kappa shape index (κ2) is 2.85. The van der Waals surface area contributed by atoms with E-state index in [4.69, 9.17) is 0 Å². The van der Waals surface area contributed by atoms with Crippen LogP contribution in [0, 0.1) is 6.92 Å². The number of rotatable bonds is 1. The Morgan fingerprint density at radius 2 is 2.31 bits per heavy atom. The van der Waals surface area contributed by atoms with E-state index in [-0.39, 0.29) is 0 Å². The van der Waals surface area contributed by atoms with E-state index in [0.717, 1.165) is 16.5 Å². The first kappa shape index (κ1) is 8.26. The number of hydrogen-bond donors (Lipinski definition) is 2. The molecule has 0 aliphatic carbocycles. The van der Waals surface area contributed by atoms with Crippen LogP contribution in [0.25, 0.3) is 10.9 Å². The predicted octanol–water partition coefficient (Wildman–Crippen LogP) is 1.80. The van der Waals surface area contributed by atoms with E-state index in [1.807, 2.05) is 18.2 Å². The highest BCUT2D eigenvalue weighted by Gasteiger charge is 2.09. The normalized spacial score (nSPS) is 13.5. The minimum atomic E-state index is -0.538. The smallest absolute Gasteiger partial charge is 0.0983 e. The molecule has 2 aromatic rings. The van der Waals surface area contributed by atoms with Gasteiger partial charge in [-0.3, -0.25) is 5.10 Å². The second-order valence-electron chi connectivity index (χ2n) is 3.16. The third-order valence-corrected chi connectivity index (χ3v) is 2.05. The Hall–Kier alpha value is -1.35. The molecule has 1 unspecified atom stereocenters. The van der Waals surface area contributed by atoms with Gasteiger partial charge in [0.05, 0.1) is 17.3 Å². The van der Waals surface area contributed by atoms with Crippen LogP contribution in [-0.2, 0) is 0 Å². The fourth-order valence-corrected chi connectivity index (χ4v) is 1.41. The number of hydrogen-bond acceptors (Lipinski definition) is 2. The van der Waals surface area contributed by atoms with Crippen molar-refractivity contribution in [2.24, 2.45) is 0 Å². The van der Waals surface area contributed by atoms with E-state index < -0.39 is 6.10 Å². The molecular formula is C10H11N2O. The Morgan fingerprint density at radius 1 is 1.54 bits per heavy atom. The molecule has 0 amide bonds. The van der Waals surface area contributed by atoms with Crippen LogP contribution in [0.1, 0.15) is 24.3 Å². The van der Waals surface area contributed by atoms with Crippen molar-refractivity contribution >= 4 is 10.9 Å². The predicted molar refractivity (Wildman–Crippen MR) is 51.2 cm³/mol. The maximum Gasteiger partial charge on any atom is 0.0983 e. The van der Waals surface area contributed by atoms with Crippen LogP contribution in [-0.4, -0.2) is 15.3 Å². The number of nitrogens with zero attached hydrogens (tertiary/aromatic N) is 1. The summed E-state index contributed by atoms with van der Waals surface area (Å²) in [7, 11) is 0. The monoisotopic (exact) mass is 175 g/mol. The van der Waals surface area contributed by atoms with Gasteiger partial charge in [-0.05, 0) is 25.5 Å². The Kier molecular flexibility index (Phi) is 1.81. The summed E-state index contributed by atoms with van der Waals surface area (Å²) in [6.07, 6.45) is -0.538. The highest BCUT2D eigenvalue weighted by atomic mass is 16.3. The Bertz CT molecular complexity index is 431. The first-order valence-electron chi connectivity index (χ1n) is 4.16. The van der Waals surface area contributed by atoms with Gasteiger partial charge in [-0.1, -0.05) is 12.1 Å². The molecule has 1 aromatic heterocycles. The molecule has 2 rings (SSSR count). The van der Waals surface area contributed by atoms with Crippen molar-refractivity contribution in [1.82, 2.24) is 10.2 Å². The molecule has 0 saturated heterocycles. The van der Waals surface area contributed by atoms with Crippen LogP contribution in [0.3, 0.4) is 0 Å². The molecular weight excluding hydrogens is 164 g/mol. The number of fused-ring (bicyclic) bond motifs is 1. The summed E-state index contributed by atoms with van der Waals surface area (Å²) in [5.41, 5.74) is 2.55. The zero-order chi connectivity index (χ0) is 9.42. The number of aromatic amines is 1. The van der Waals surface area contributed by atoms with Gasteiger partial charge in [-0.25, -0.2) is 0 Å². The minimum Gasteiger partial charge on any atom is -0.387 e. The van der Waals surface area contributed by atoms with Gasteiger partial charge in [-0.15, -0.1) is 0 Å². The Labute approximate surface area is 76.4 Å². The first-order valence-corrected chi connectivity index (χ1v) is 4.16. The van der Waals surface area contributed by atoms with Crippen molar-refractivity contribution in [2.75, 3.05) is 0 Å². The SMILES string of the molecule is [CH2]c1ccc2c(C(C)O)n[nH]c2c1. The zero-order valence-electron chi connectivity index (χ0n) is 7.41. The maximum atomic E-state index is 9.38. The second-order valence-corrected chi connectivity index (χ2v) is 3.16. The summed E-state index contributed by atoms with van der Waals surface area (Å²) in [5, 5.41) is 17.2. The van der Waals surface area contributed by atoms with Gasteiger partial charge in [-0.2, -0.15) is 5.10 Å². The topological polar surface area (TPSA) is 48.9 Å². The number of benzene rings is 1. The molecule has 0 aliphatic heterocycles. The molecule has 0 spiro atoms. The molecule has 13 heavy (non-hydrogen) atoms. The molecule has 1 radical (unpaired) electrons. The number of nitrogens with one attached hydrogen (secondary N) is 1. The average Bonchev–Trinajstić information content (AvgIpc) is 2.46. The maximum absolute atomic E-state index is 9.38. The summed E-state index contributed by atoms with van der Waals surface area (Å²) >= 11 is 0. The van der Waals surface area contributed by atoms with Gasteiger partial charge in [0.2, 0.25) is 0 Å². The van der Waals surface area contributed by atoms with Gasteiger partial charge < -0.3 is 5.11 Å². The molecule has 2 N–H and O–H groups in total. The summed E-state index contributed by atoms with van der Waals surface area (Å²) in [5.74, 6) is 0. The van der Waals surface area contributed by atoms with Gasteiger partial charge >= 0.3 is 0 Å². The molecule has 0 saturated carbocycles. The lowest BCUT2D eigenvalue weighted by Crippen LogP contribution is -1.91. The van der Waals surface area contributed by atoms with E-state index >= 15 is 0 Å². The molecule has 1 aromatic carbocycles. The zero-order valence-corrected chi connectivity index (χ0v) is 7.41. The highest BCUT2D eigenvalue weighted by Crippen LogP contribution is 2.21. The molecule has 0 fully saturated rings. The first-order chi connectivity index (χ1) is 6.18. The van der Waals surface area contributed by atoms with Crippen LogP contribution >= 0.6 is 0 Å².